The Balaban J connectivity index is 3.06. The van der Waals surface area contributed by atoms with Crippen LogP contribution in [0.1, 0.15) is 52.4 Å². The van der Waals surface area contributed by atoms with Crippen LogP contribution in [0.15, 0.2) is 0 Å². The molecule has 104 valence electrons. The van der Waals surface area contributed by atoms with Gasteiger partial charge in [0.1, 0.15) is 0 Å². The van der Waals surface area contributed by atoms with Crippen LogP contribution in [0.25, 0.3) is 0 Å². The molecule has 0 saturated carbocycles. The summed E-state index contributed by atoms with van der Waals surface area (Å²) in [6, 6.07) is 0. The van der Waals surface area contributed by atoms with E-state index < -0.39 is 0 Å². The van der Waals surface area contributed by atoms with Gasteiger partial charge in [0.25, 0.3) is 0 Å². The summed E-state index contributed by atoms with van der Waals surface area (Å²) >= 11 is 6.42. The van der Waals surface area contributed by atoms with Crippen molar-refractivity contribution >= 4 is 11.6 Å². The topological polar surface area (TPSA) is 43.8 Å². The lowest BCUT2D eigenvalue weighted by atomic mass is 9.82. The summed E-state index contributed by atoms with van der Waals surface area (Å²) in [5, 5.41) is 5.35. The third kappa shape index (κ3) is 3.07. The van der Waals surface area contributed by atoms with E-state index in [1.54, 1.807) is 0 Å². The second kappa shape index (κ2) is 6.07. The molecule has 0 amide bonds. The van der Waals surface area contributed by atoms with Crippen LogP contribution in [0.2, 0.25) is 5.02 Å². The summed E-state index contributed by atoms with van der Waals surface area (Å²) in [7, 11) is 0. The van der Waals surface area contributed by atoms with Crippen LogP contribution in [-0.2, 0) is 19.4 Å². The van der Waals surface area contributed by atoms with E-state index in [1.165, 1.54) is 0 Å². The van der Waals surface area contributed by atoms with Gasteiger partial charge >= 0.3 is 0 Å². The number of nitrogens with zero attached hydrogens (tertiary/aromatic N) is 2. The molecule has 18 heavy (non-hydrogen) atoms. The molecular weight excluding hydrogens is 246 g/mol. The van der Waals surface area contributed by atoms with Crippen molar-refractivity contribution in [3.8, 4) is 0 Å². The largest absolute Gasteiger partial charge is 0.325 e. The highest BCUT2D eigenvalue weighted by Gasteiger charge is 2.29. The predicted molar refractivity (Wildman–Crippen MR) is 78.0 cm³/mol. The maximum Gasteiger partial charge on any atom is 0.0850 e. The Morgan fingerprint density at radius 2 is 2.00 bits per heavy atom. The van der Waals surface area contributed by atoms with E-state index in [1.807, 2.05) is 4.68 Å². The molecule has 0 saturated heterocycles. The number of hydrogen-bond acceptors (Lipinski definition) is 2. The van der Waals surface area contributed by atoms with E-state index in [9.17, 15) is 0 Å². The summed E-state index contributed by atoms with van der Waals surface area (Å²) < 4.78 is 1.99. The van der Waals surface area contributed by atoms with E-state index in [0.717, 1.165) is 42.2 Å². The molecule has 0 radical (unpaired) electrons. The summed E-state index contributed by atoms with van der Waals surface area (Å²) in [4.78, 5) is 0. The highest BCUT2D eigenvalue weighted by Crippen LogP contribution is 2.28. The second-order valence-electron chi connectivity index (χ2n) is 5.37. The van der Waals surface area contributed by atoms with Crippen molar-refractivity contribution in [3.05, 3.63) is 16.4 Å². The third-order valence-corrected chi connectivity index (χ3v) is 4.42. The van der Waals surface area contributed by atoms with E-state index in [2.05, 4.69) is 39.7 Å². The predicted octanol–water partition coefficient (Wildman–Crippen LogP) is 3.42. The van der Waals surface area contributed by atoms with Crippen LogP contribution in [0, 0.1) is 5.92 Å². The molecule has 1 aromatic rings. The fraction of sp³-hybridized carbons (Fsp3) is 0.786. The number of aryl methyl sites for hydroxylation is 2. The molecule has 1 rings (SSSR count). The van der Waals surface area contributed by atoms with Gasteiger partial charge in [-0.05, 0) is 26.2 Å². The Morgan fingerprint density at radius 1 is 1.39 bits per heavy atom. The van der Waals surface area contributed by atoms with Crippen molar-refractivity contribution < 1.29 is 0 Å². The van der Waals surface area contributed by atoms with Crippen molar-refractivity contribution in [1.82, 2.24) is 9.78 Å². The first-order valence-electron chi connectivity index (χ1n) is 6.90. The molecular formula is C14H26ClN3. The Hall–Kier alpha value is -0.540. The normalized spacial score (nSPS) is 16.6. The number of halogens is 1. The zero-order valence-electron chi connectivity index (χ0n) is 12.3. The first-order chi connectivity index (χ1) is 8.37. The van der Waals surface area contributed by atoms with Crippen molar-refractivity contribution in [2.75, 3.05) is 0 Å². The maximum absolute atomic E-state index is 6.45. The fourth-order valence-electron chi connectivity index (χ4n) is 2.19. The van der Waals surface area contributed by atoms with E-state index >= 15 is 0 Å². The van der Waals surface area contributed by atoms with Gasteiger partial charge < -0.3 is 5.73 Å². The van der Waals surface area contributed by atoms with Gasteiger partial charge in [-0.3, -0.25) is 4.68 Å². The minimum Gasteiger partial charge on any atom is -0.325 e. The molecule has 0 aliphatic rings. The van der Waals surface area contributed by atoms with Crippen molar-refractivity contribution in [2.45, 2.75) is 66.0 Å². The van der Waals surface area contributed by atoms with E-state index in [0.29, 0.717) is 5.92 Å². The molecule has 1 aromatic heterocycles. The minimum atomic E-state index is -0.240. The smallest absolute Gasteiger partial charge is 0.0850 e. The van der Waals surface area contributed by atoms with Gasteiger partial charge in [-0.25, -0.2) is 0 Å². The monoisotopic (exact) mass is 271 g/mol. The van der Waals surface area contributed by atoms with Crippen LogP contribution in [0.5, 0.6) is 0 Å². The van der Waals surface area contributed by atoms with Crippen molar-refractivity contribution in [1.29, 1.82) is 0 Å². The lowest BCUT2D eigenvalue weighted by Crippen LogP contribution is -2.45. The van der Waals surface area contributed by atoms with Crippen LogP contribution >= 0.6 is 11.6 Å². The SMILES string of the molecule is CCc1nn(CC)c(CC(C)(N)C(C)CC)c1Cl. The van der Waals surface area contributed by atoms with Gasteiger partial charge in [-0.2, -0.15) is 5.10 Å². The first kappa shape index (κ1) is 15.5. The number of nitrogens with two attached hydrogens (primary N) is 1. The Labute approximate surface area is 116 Å². The van der Waals surface area contributed by atoms with Gasteiger partial charge in [0.15, 0.2) is 0 Å². The zero-order chi connectivity index (χ0) is 13.9. The molecule has 0 aromatic carbocycles. The molecule has 2 atom stereocenters. The average molecular weight is 272 g/mol. The molecule has 2 N–H and O–H groups in total. The Kier molecular flexibility index (Phi) is 5.23. The summed E-state index contributed by atoms with van der Waals surface area (Å²) in [5.74, 6) is 0.457. The van der Waals surface area contributed by atoms with Crippen LogP contribution in [0.3, 0.4) is 0 Å². The number of rotatable bonds is 6. The fourth-order valence-corrected chi connectivity index (χ4v) is 2.52. The van der Waals surface area contributed by atoms with Crippen LogP contribution < -0.4 is 5.73 Å². The summed E-state index contributed by atoms with van der Waals surface area (Å²) in [5.41, 5.74) is 8.27. The molecule has 3 nitrogen and oxygen atoms in total. The van der Waals surface area contributed by atoms with Crippen LogP contribution in [0.4, 0.5) is 0 Å². The third-order valence-electron chi connectivity index (χ3n) is 3.98. The Bertz CT molecular complexity index is 396. The zero-order valence-corrected chi connectivity index (χ0v) is 13.0. The number of hydrogen-bond donors (Lipinski definition) is 1. The molecule has 0 aliphatic heterocycles. The lowest BCUT2D eigenvalue weighted by Gasteiger charge is -2.31. The molecule has 1 heterocycles. The quantitative estimate of drug-likeness (QED) is 0.862. The molecule has 0 aliphatic carbocycles. The summed E-state index contributed by atoms with van der Waals surface area (Å²) in [6.45, 7) is 11.5. The number of aromatic nitrogens is 2. The highest BCUT2D eigenvalue weighted by molar-refractivity contribution is 6.31. The molecule has 2 unspecified atom stereocenters. The Morgan fingerprint density at radius 3 is 2.44 bits per heavy atom. The maximum atomic E-state index is 6.45. The average Bonchev–Trinajstić information content (AvgIpc) is 2.64. The minimum absolute atomic E-state index is 0.240. The summed E-state index contributed by atoms with van der Waals surface area (Å²) in [6.07, 6.45) is 2.72. The highest BCUT2D eigenvalue weighted by atomic mass is 35.5. The van der Waals surface area contributed by atoms with Gasteiger partial charge in [0.05, 0.1) is 16.4 Å². The first-order valence-corrected chi connectivity index (χ1v) is 7.28. The van der Waals surface area contributed by atoms with Crippen molar-refractivity contribution in [2.24, 2.45) is 11.7 Å². The molecule has 0 fully saturated rings. The standard InChI is InChI=1S/C14H26ClN3/c1-6-10(4)14(5,16)9-12-13(15)11(7-2)17-18(12)8-3/h10H,6-9,16H2,1-5H3. The molecule has 4 heteroatoms. The molecule has 0 spiro atoms. The molecule has 0 bridgehead atoms. The van der Waals surface area contributed by atoms with Gasteiger partial charge in [-0.1, -0.05) is 38.8 Å². The van der Waals surface area contributed by atoms with Gasteiger partial charge in [0, 0.05) is 18.5 Å². The lowest BCUT2D eigenvalue weighted by molar-refractivity contribution is 0.300. The van der Waals surface area contributed by atoms with Crippen molar-refractivity contribution in [3.63, 3.8) is 0 Å². The van der Waals surface area contributed by atoms with E-state index in [4.69, 9.17) is 17.3 Å². The second-order valence-corrected chi connectivity index (χ2v) is 5.75. The van der Waals surface area contributed by atoms with E-state index in [-0.39, 0.29) is 5.54 Å². The van der Waals surface area contributed by atoms with Gasteiger partial charge in [-0.15, -0.1) is 0 Å². The van der Waals surface area contributed by atoms with Crippen LogP contribution in [-0.4, -0.2) is 15.3 Å². The van der Waals surface area contributed by atoms with Gasteiger partial charge in [0.2, 0.25) is 0 Å².